The summed E-state index contributed by atoms with van der Waals surface area (Å²) >= 11 is 0. The standard InChI is InChI=1S/C33H36N4O4/c1-23(37(36-35-34)20-26-8-5-4-6-9-26)33-31(29-16-12-27(13-17-29)21-40-24(2)38)10-7-11-32(33)30-18-14-28(15-19-30)22-41-25(3)39/h4-6,8-10,12,14-16,18-19H,1,7,11,13,17,20-22H2,2-3H3,(H2,34,36). The van der Waals surface area contributed by atoms with Gasteiger partial charge >= 0.3 is 11.9 Å². The molecule has 0 fully saturated rings. The smallest absolute Gasteiger partial charge is 0.302 e. The van der Waals surface area contributed by atoms with E-state index in [0.29, 0.717) is 18.8 Å². The van der Waals surface area contributed by atoms with Gasteiger partial charge in [-0.15, -0.1) is 0 Å². The number of benzene rings is 2. The second-order valence-electron chi connectivity index (χ2n) is 9.98. The second-order valence-corrected chi connectivity index (χ2v) is 9.98. The van der Waals surface area contributed by atoms with Crippen LogP contribution >= 0.6 is 0 Å². The third-order valence-corrected chi connectivity index (χ3v) is 7.04. The molecule has 0 aliphatic heterocycles. The molecule has 2 N–H and O–H groups in total. The Bertz CT molecular complexity index is 1430. The minimum absolute atomic E-state index is 0.232. The van der Waals surface area contributed by atoms with Crippen LogP contribution in [0.15, 0.2) is 118 Å². The lowest BCUT2D eigenvalue weighted by atomic mass is 9.79. The van der Waals surface area contributed by atoms with E-state index in [1.54, 1.807) is 5.01 Å². The van der Waals surface area contributed by atoms with Gasteiger partial charge in [0.2, 0.25) is 0 Å². The van der Waals surface area contributed by atoms with Crippen molar-refractivity contribution in [3.63, 3.8) is 0 Å². The zero-order valence-electron chi connectivity index (χ0n) is 23.6. The van der Waals surface area contributed by atoms with Crippen molar-refractivity contribution in [3.8, 4) is 0 Å². The van der Waals surface area contributed by atoms with Crippen LogP contribution < -0.4 is 5.84 Å². The van der Waals surface area contributed by atoms with Crippen LogP contribution in [0.3, 0.4) is 0 Å². The molecule has 0 saturated carbocycles. The zero-order chi connectivity index (χ0) is 29.2. The van der Waals surface area contributed by atoms with Crippen LogP contribution in [0.1, 0.15) is 56.2 Å². The SMILES string of the molecule is C=C(C1=C(c2ccc(COC(C)=O)cc2)CCC=C1C1=CC=C(COC(C)=O)CC1)N(Cc1ccccc1)/N=N\N. The molecule has 8 heteroatoms. The fraction of sp³-hybridized carbons (Fsp3) is 0.273. The van der Waals surface area contributed by atoms with Gasteiger partial charge in [0.05, 0.1) is 12.2 Å². The number of nitrogens with two attached hydrogens (primary N) is 1. The number of carbonyl (C=O) groups excluding carboxylic acids is 2. The lowest BCUT2D eigenvalue weighted by Gasteiger charge is -2.30. The molecule has 0 atom stereocenters. The van der Waals surface area contributed by atoms with Gasteiger partial charge < -0.3 is 15.3 Å². The third-order valence-electron chi connectivity index (χ3n) is 7.04. The minimum atomic E-state index is -0.309. The first kappa shape index (κ1) is 29.3. The number of rotatable bonds is 11. The number of hydrogen-bond donors (Lipinski definition) is 1. The Hall–Kier alpha value is -4.72. The maximum Gasteiger partial charge on any atom is 0.302 e. The summed E-state index contributed by atoms with van der Waals surface area (Å²) in [6.07, 6.45) is 9.71. The highest BCUT2D eigenvalue weighted by Gasteiger charge is 2.26. The highest BCUT2D eigenvalue weighted by molar-refractivity contribution is 5.80. The molecule has 0 unspecified atom stereocenters. The summed E-state index contributed by atoms with van der Waals surface area (Å²) in [7, 11) is 0. The molecular formula is C33H36N4O4. The molecule has 2 aromatic rings. The monoisotopic (exact) mass is 552 g/mol. The molecule has 0 amide bonds. The predicted molar refractivity (Wildman–Crippen MR) is 158 cm³/mol. The fourth-order valence-corrected chi connectivity index (χ4v) is 5.00. The van der Waals surface area contributed by atoms with Gasteiger partial charge in [0.15, 0.2) is 0 Å². The Labute approximate surface area is 241 Å². The number of carbonyl (C=O) groups is 2. The second kappa shape index (κ2) is 14.1. The van der Waals surface area contributed by atoms with E-state index < -0.39 is 0 Å². The maximum atomic E-state index is 11.3. The van der Waals surface area contributed by atoms with Gasteiger partial charge in [0.1, 0.15) is 13.2 Å². The first-order valence-electron chi connectivity index (χ1n) is 13.7. The molecule has 0 aromatic heterocycles. The van der Waals surface area contributed by atoms with E-state index >= 15 is 0 Å². The van der Waals surface area contributed by atoms with Crippen molar-refractivity contribution in [2.75, 3.05) is 6.61 Å². The molecule has 41 heavy (non-hydrogen) atoms. The quantitative estimate of drug-likeness (QED) is 0.144. The summed E-state index contributed by atoms with van der Waals surface area (Å²) in [5.41, 5.74) is 9.23. The van der Waals surface area contributed by atoms with E-state index in [4.69, 9.17) is 15.3 Å². The molecule has 0 spiro atoms. The summed E-state index contributed by atoms with van der Waals surface area (Å²) in [6, 6.07) is 18.1. The maximum absolute atomic E-state index is 11.3. The van der Waals surface area contributed by atoms with Gasteiger partial charge in [-0.2, -0.15) is 0 Å². The van der Waals surface area contributed by atoms with Crippen LogP contribution in [0.5, 0.6) is 0 Å². The largest absolute Gasteiger partial charge is 0.461 e. The van der Waals surface area contributed by atoms with Gasteiger partial charge in [-0.3, -0.25) is 9.59 Å². The van der Waals surface area contributed by atoms with Gasteiger partial charge in [-0.1, -0.05) is 84.6 Å². The van der Waals surface area contributed by atoms with Crippen LogP contribution in [0.2, 0.25) is 0 Å². The molecule has 212 valence electrons. The molecule has 4 rings (SSSR count). The van der Waals surface area contributed by atoms with Crippen molar-refractivity contribution >= 4 is 17.5 Å². The summed E-state index contributed by atoms with van der Waals surface area (Å²) in [5, 5.41) is 9.61. The van der Waals surface area contributed by atoms with E-state index in [0.717, 1.165) is 64.7 Å². The number of nitrogens with zero attached hydrogens (tertiary/aromatic N) is 3. The predicted octanol–water partition coefficient (Wildman–Crippen LogP) is 6.69. The summed E-state index contributed by atoms with van der Waals surface area (Å²) < 4.78 is 10.4. The summed E-state index contributed by atoms with van der Waals surface area (Å²) in [5.74, 6) is 4.97. The highest BCUT2D eigenvalue weighted by Crippen LogP contribution is 2.42. The molecule has 0 radical (unpaired) electrons. The summed E-state index contributed by atoms with van der Waals surface area (Å²) in [6.45, 7) is 8.32. The molecule has 2 aliphatic rings. The Morgan fingerprint density at radius 2 is 1.61 bits per heavy atom. The lowest BCUT2D eigenvalue weighted by Crippen LogP contribution is -2.20. The summed E-state index contributed by atoms with van der Waals surface area (Å²) in [4.78, 5) is 22.5. The topological polar surface area (TPSA) is 107 Å². The minimum Gasteiger partial charge on any atom is -0.461 e. The molecular weight excluding hydrogens is 516 g/mol. The van der Waals surface area contributed by atoms with Crippen molar-refractivity contribution < 1.29 is 19.1 Å². The van der Waals surface area contributed by atoms with E-state index in [1.165, 1.54) is 19.4 Å². The first-order chi connectivity index (χ1) is 19.9. The van der Waals surface area contributed by atoms with Gasteiger partial charge in [0.25, 0.3) is 0 Å². The van der Waals surface area contributed by atoms with Crippen LogP contribution in [0.25, 0.3) is 5.57 Å². The molecule has 2 aliphatic carbocycles. The van der Waals surface area contributed by atoms with E-state index in [-0.39, 0.29) is 18.5 Å². The molecule has 0 saturated heterocycles. The van der Waals surface area contributed by atoms with Gasteiger partial charge in [0, 0.05) is 19.4 Å². The van der Waals surface area contributed by atoms with Crippen LogP contribution in [0, 0.1) is 0 Å². The van der Waals surface area contributed by atoms with Gasteiger partial charge in [-0.25, -0.2) is 5.01 Å². The first-order valence-corrected chi connectivity index (χ1v) is 13.7. The molecule has 8 nitrogen and oxygen atoms in total. The molecule has 2 aromatic carbocycles. The van der Waals surface area contributed by atoms with Crippen LogP contribution in [-0.4, -0.2) is 23.6 Å². The number of allylic oxidation sites excluding steroid dienone is 6. The molecule has 0 heterocycles. The van der Waals surface area contributed by atoms with E-state index in [1.807, 2.05) is 48.5 Å². The lowest BCUT2D eigenvalue weighted by molar-refractivity contribution is -0.142. The van der Waals surface area contributed by atoms with Crippen LogP contribution in [-0.2, 0) is 32.2 Å². The highest BCUT2D eigenvalue weighted by atomic mass is 16.5. The van der Waals surface area contributed by atoms with Crippen molar-refractivity contribution in [1.82, 2.24) is 5.01 Å². The number of ether oxygens (including phenoxy) is 2. The van der Waals surface area contributed by atoms with Crippen LogP contribution in [0.4, 0.5) is 0 Å². The average molecular weight is 553 g/mol. The Morgan fingerprint density at radius 1 is 0.902 bits per heavy atom. The fourth-order valence-electron chi connectivity index (χ4n) is 5.00. The van der Waals surface area contributed by atoms with Crippen molar-refractivity contribution in [2.45, 2.75) is 52.7 Å². The third kappa shape index (κ3) is 7.91. The zero-order valence-corrected chi connectivity index (χ0v) is 23.6. The van der Waals surface area contributed by atoms with Gasteiger partial charge in [-0.05, 0) is 69.9 Å². The average Bonchev–Trinajstić information content (AvgIpc) is 2.99. The van der Waals surface area contributed by atoms with E-state index in [2.05, 4.69) is 41.3 Å². The normalized spacial score (nSPS) is 15.1. The Morgan fingerprint density at radius 3 is 2.24 bits per heavy atom. The number of esters is 2. The molecule has 0 bridgehead atoms. The Balaban J connectivity index is 1.74. The van der Waals surface area contributed by atoms with Crippen molar-refractivity contribution in [1.29, 1.82) is 0 Å². The van der Waals surface area contributed by atoms with E-state index in [9.17, 15) is 9.59 Å². The van der Waals surface area contributed by atoms with Crippen molar-refractivity contribution in [2.24, 2.45) is 16.3 Å². The van der Waals surface area contributed by atoms with Crippen molar-refractivity contribution in [3.05, 3.63) is 124 Å². The Kier molecular flexibility index (Phi) is 10.0. The number of hydrogen-bond acceptors (Lipinski definition) is 6.